The fraction of sp³-hybridized carbons (Fsp3) is 0.435. The molecule has 9 heteroatoms. The second kappa shape index (κ2) is 13.4. The van der Waals surface area contributed by atoms with E-state index in [1.807, 2.05) is 53.4 Å². The van der Waals surface area contributed by atoms with E-state index in [1.54, 1.807) is 14.2 Å². The average molecular weight is 560 g/mol. The summed E-state index contributed by atoms with van der Waals surface area (Å²) >= 11 is 0. The SMILES string of the molecule is CN=C(NCc1ccc(Oc2ccccc2OC)cc1)NC1CCN(CC(F)F)CC1.I. The maximum atomic E-state index is 12.5. The molecular formula is C23H31F2IN4O2. The number of aliphatic imine (C=N–C) groups is 1. The van der Waals surface area contributed by atoms with Gasteiger partial charge in [0.15, 0.2) is 17.5 Å². The number of rotatable bonds is 8. The predicted octanol–water partition coefficient (Wildman–Crippen LogP) is 4.50. The molecule has 2 aromatic rings. The van der Waals surface area contributed by atoms with Crippen LogP contribution < -0.4 is 20.1 Å². The lowest BCUT2D eigenvalue weighted by Gasteiger charge is -2.32. The number of alkyl halides is 2. The van der Waals surface area contributed by atoms with E-state index >= 15 is 0 Å². The Labute approximate surface area is 205 Å². The van der Waals surface area contributed by atoms with Crippen LogP contribution in [-0.2, 0) is 6.54 Å². The van der Waals surface area contributed by atoms with Crippen molar-refractivity contribution in [2.24, 2.45) is 4.99 Å². The molecule has 1 saturated heterocycles. The molecule has 176 valence electrons. The summed E-state index contributed by atoms with van der Waals surface area (Å²) < 4.78 is 36.2. The lowest BCUT2D eigenvalue weighted by molar-refractivity contribution is 0.0744. The monoisotopic (exact) mass is 560 g/mol. The zero-order valence-electron chi connectivity index (χ0n) is 18.4. The van der Waals surface area contributed by atoms with Crippen LogP contribution in [0.25, 0.3) is 0 Å². The summed E-state index contributed by atoms with van der Waals surface area (Å²) in [6.45, 7) is 1.81. The van der Waals surface area contributed by atoms with Gasteiger partial charge in [0, 0.05) is 32.7 Å². The first-order valence-electron chi connectivity index (χ1n) is 10.4. The molecule has 0 bridgehead atoms. The molecule has 1 fully saturated rings. The summed E-state index contributed by atoms with van der Waals surface area (Å²) in [6.07, 6.45) is -0.629. The van der Waals surface area contributed by atoms with Crippen molar-refractivity contribution in [1.82, 2.24) is 15.5 Å². The summed E-state index contributed by atoms with van der Waals surface area (Å²) in [5.74, 6) is 2.79. The Bertz CT molecular complexity index is 844. The van der Waals surface area contributed by atoms with Crippen molar-refractivity contribution in [3.05, 3.63) is 54.1 Å². The number of para-hydroxylation sites is 2. The number of hydrogen-bond acceptors (Lipinski definition) is 4. The first-order valence-corrected chi connectivity index (χ1v) is 10.4. The molecule has 2 N–H and O–H groups in total. The number of nitrogens with zero attached hydrogens (tertiary/aromatic N) is 2. The van der Waals surface area contributed by atoms with Crippen LogP contribution in [0.1, 0.15) is 18.4 Å². The normalized spacial score (nSPS) is 15.2. The lowest BCUT2D eigenvalue weighted by Crippen LogP contribution is -2.49. The van der Waals surface area contributed by atoms with E-state index in [-0.39, 0.29) is 36.6 Å². The number of guanidine groups is 1. The summed E-state index contributed by atoms with van der Waals surface area (Å²) in [4.78, 5) is 6.09. The van der Waals surface area contributed by atoms with Gasteiger partial charge in [-0.1, -0.05) is 24.3 Å². The number of hydrogen-bond donors (Lipinski definition) is 2. The van der Waals surface area contributed by atoms with Crippen LogP contribution in [0.5, 0.6) is 17.2 Å². The number of halogens is 3. The van der Waals surface area contributed by atoms with Crippen LogP contribution in [0.2, 0.25) is 0 Å². The molecule has 0 unspecified atom stereocenters. The van der Waals surface area contributed by atoms with Crippen molar-refractivity contribution in [2.75, 3.05) is 33.8 Å². The van der Waals surface area contributed by atoms with Gasteiger partial charge in [0.2, 0.25) is 0 Å². The third-order valence-electron chi connectivity index (χ3n) is 5.23. The van der Waals surface area contributed by atoms with Gasteiger partial charge < -0.3 is 20.1 Å². The molecule has 0 aliphatic carbocycles. The van der Waals surface area contributed by atoms with Crippen molar-refractivity contribution < 1.29 is 18.3 Å². The fourth-order valence-corrected chi connectivity index (χ4v) is 3.53. The molecule has 0 atom stereocenters. The summed E-state index contributed by atoms with van der Waals surface area (Å²) in [6, 6.07) is 15.6. The number of methoxy groups -OCH3 is 1. The number of benzene rings is 2. The maximum Gasteiger partial charge on any atom is 0.251 e. The minimum absolute atomic E-state index is 0. The van der Waals surface area contributed by atoms with E-state index < -0.39 is 6.43 Å². The highest BCUT2D eigenvalue weighted by Gasteiger charge is 2.21. The van der Waals surface area contributed by atoms with Crippen molar-refractivity contribution >= 4 is 29.9 Å². The Morgan fingerprint density at radius 1 is 1.09 bits per heavy atom. The molecule has 1 aliphatic rings. The minimum atomic E-state index is -2.27. The largest absolute Gasteiger partial charge is 0.493 e. The van der Waals surface area contributed by atoms with Crippen LogP contribution in [0, 0.1) is 0 Å². The van der Waals surface area contributed by atoms with Crippen LogP contribution in [0.3, 0.4) is 0 Å². The van der Waals surface area contributed by atoms with Crippen molar-refractivity contribution in [1.29, 1.82) is 0 Å². The van der Waals surface area contributed by atoms with Crippen molar-refractivity contribution in [3.63, 3.8) is 0 Å². The Balaban J connectivity index is 0.00000363. The van der Waals surface area contributed by atoms with E-state index in [1.165, 1.54) is 0 Å². The molecule has 0 radical (unpaired) electrons. The van der Waals surface area contributed by atoms with Gasteiger partial charge in [0.05, 0.1) is 13.7 Å². The Morgan fingerprint density at radius 2 is 1.75 bits per heavy atom. The predicted molar refractivity (Wildman–Crippen MR) is 134 cm³/mol. The second-order valence-electron chi connectivity index (χ2n) is 7.43. The first kappa shape index (κ1) is 26.1. The van der Waals surface area contributed by atoms with E-state index in [4.69, 9.17) is 9.47 Å². The van der Waals surface area contributed by atoms with Gasteiger partial charge in [-0.3, -0.25) is 9.89 Å². The Kier molecular flexibility index (Phi) is 10.9. The highest BCUT2D eigenvalue weighted by Crippen LogP contribution is 2.30. The maximum absolute atomic E-state index is 12.5. The third-order valence-corrected chi connectivity index (χ3v) is 5.23. The van der Waals surface area contributed by atoms with Gasteiger partial charge in [-0.15, -0.1) is 24.0 Å². The number of nitrogens with one attached hydrogen (secondary N) is 2. The summed E-state index contributed by atoms with van der Waals surface area (Å²) in [5, 5.41) is 6.70. The van der Waals surface area contributed by atoms with Crippen molar-refractivity contribution in [3.8, 4) is 17.2 Å². The number of likely N-dealkylation sites (tertiary alicyclic amines) is 1. The molecule has 0 amide bonds. The zero-order chi connectivity index (χ0) is 22.1. The van der Waals surface area contributed by atoms with Gasteiger partial charge in [0.1, 0.15) is 5.75 Å². The number of ether oxygens (including phenoxy) is 2. The molecule has 3 rings (SSSR count). The molecule has 6 nitrogen and oxygen atoms in total. The highest BCUT2D eigenvalue weighted by atomic mass is 127. The summed E-state index contributed by atoms with van der Waals surface area (Å²) in [5.41, 5.74) is 1.09. The standard InChI is InChI=1S/C23H30F2N4O2.HI/c1-26-23(28-18-11-13-29(14-12-18)16-22(24)25)27-15-17-7-9-19(10-8-17)31-21-6-4-3-5-20(21)30-2;/h3-10,18,22H,11-16H2,1-2H3,(H2,26,27,28);1H. The van der Waals surface area contributed by atoms with E-state index in [0.29, 0.717) is 37.1 Å². The first-order chi connectivity index (χ1) is 15.1. The molecule has 0 saturated carbocycles. The topological polar surface area (TPSA) is 58.1 Å². The molecule has 32 heavy (non-hydrogen) atoms. The second-order valence-corrected chi connectivity index (χ2v) is 7.43. The number of piperidine rings is 1. The van der Waals surface area contributed by atoms with Crippen molar-refractivity contribution in [2.45, 2.75) is 31.9 Å². The van der Waals surface area contributed by atoms with Gasteiger partial charge in [-0.25, -0.2) is 8.78 Å². The van der Waals surface area contributed by atoms with E-state index in [2.05, 4.69) is 15.6 Å². The molecule has 0 spiro atoms. The third kappa shape index (κ3) is 8.09. The van der Waals surface area contributed by atoms with Crippen LogP contribution in [0.4, 0.5) is 8.78 Å². The smallest absolute Gasteiger partial charge is 0.251 e. The summed E-state index contributed by atoms with van der Waals surface area (Å²) in [7, 11) is 3.34. The molecule has 0 aromatic heterocycles. The lowest BCUT2D eigenvalue weighted by atomic mass is 10.1. The zero-order valence-corrected chi connectivity index (χ0v) is 20.7. The van der Waals surface area contributed by atoms with Gasteiger partial charge in [-0.2, -0.15) is 0 Å². The van der Waals surface area contributed by atoms with Gasteiger partial charge in [-0.05, 0) is 42.7 Å². The molecular weight excluding hydrogens is 529 g/mol. The van der Waals surface area contributed by atoms with Crippen LogP contribution in [0.15, 0.2) is 53.5 Å². The molecule has 1 aliphatic heterocycles. The Morgan fingerprint density at radius 3 is 2.34 bits per heavy atom. The molecule has 2 aromatic carbocycles. The quantitative estimate of drug-likeness (QED) is 0.283. The average Bonchev–Trinajstić information content (AvgIpc) is 2.78. The fourth-order valence-electron chi connectivity index (χ4n) is 3.53. The van der Waals surface area contributed by atoms with E-state index in [9.17, 15) is 8.78 Å². The van der Waals surface area contributed by atoms with Crippen LogP contribution in [-0.4, -0.2) is 57.1 Å². The van der Waals surface area contributed by atoms with Gasteiger partial charge >= 0.3 is 0 Å². The Hall–Kier alpha value is -2.14. The van der Waals surface area contributed by atoms with Gasteiger partial charge in [0.25, 0.3) is 6.43 Å². The van der Waals surface area contributed by atoms with Crippen LogP contribution >= 0.6 is 24.0 Å². The van der Waals surface area contributed by atoms with E-state index in [0.717, 1.165) is 24.2 Å². The molecule has 1 heterocycles. The highest BCUT2D eigenvalue weighted by molar-refractivity contribution is 14.0. The minimum Gasteiger partial charge on any atom is -0.493 e.